The molecule has 0 aromatic heterocycles. The van der Waals surface area contributed by atoms with Crippen LogP contribution in [-0.2, 0) is 13.8 Å². The Labute approximate surface area is 127 Å². The first-order valence-corrected chi connectivity index (χ1v) is 8.29. The average Bonchev–Trinajstić information content (AvgIpc) is 2.47. The molecule has 0 aliphatic rings. The minimum absolute atomic E-state index is 0.0581. The maximum atomic E-state index is 11.2. The van der Waals surface area contributed by atoms with E-state index >= 15 is 0 Å². The fourth-order valence-corrected chi connectivity index (χ4v) is 2.52. The summed E-state index contributed by atoms with van der Waals surface area (Å²) in [7, 11) is 1.55. The second-order valence-electron chi connectivity index (χ2n) is 4.23. The summed E-state index contributed by atoms with van der Waals surface area (Å²) in [5, 5.41) is 2.65. The highest BCUT2D eigenvalue weighted by atomic mass is 35.7. The lowest BCUT2D eigenvalue weighted by Crippen LogP contribution is -2.06. The molecule has 0 heterocycles. The maximum Gasteiger partial charge on any atom is 0.261 e. The van der Waals surface area contributed by atoms with Gasteiger partial charge in [-0.05, 0) is 41.5 Å². The number of rotatable bonds is 4. The molecular weight excluding hydrogens is 310 g/mol. The number of carbonyl (C=O) groups excluding carboxylic acids is 1. The van der Waals surface area contributed by atoms with Crippen molar-refractivity contribution in [3.8, 4) is 11.1 Å². The minimum atomic E-state index is -3.71. The summed E-state index contributed by atoms with van der Waals surface area (Å²) in [6, 6.07) is 13.4. The van der Waals surface area contributed by atoms with Gasteiger partial charge in [-0.2, -0.15) is 0 Å². The summed E-state index contributed by atoms with van der Waals surface area (Å²) in [6.45, 7) is 3.38. The monoisotopic (exact) mass is 321 g/mol. The van der Waals surface area contributed by atoms with Crippen LogP contribution in [0.3, 0.4) is 0 Å². The smallest absolute Gasteiger partial charge is 0.261 e. The third-order valence-electron chi connectivity index (χ3n) is 2.81. The van der Waals surface area contributed by atoms with Crippen LogP contribution in [0.1, 0.15) is 0 Å². The Morgan fingerprint density at radius 2 is 1.48 bits per heavy atom. The van der Waals surface area contributed by atoms with E-state index in [1.165, 1.54) is 18.2 Å². The Morgan fingerprint density at radius 1 is 1.00 bits per heavy atom. The second kappa shape index (κ2) is 6.11. The molecule has 6 heteroatoms. The van der Waals surface area contributed by atoms with Gasteiger partial charge in [-0.15, -0.1) is 0 Å². The highest BCUT2D eigenvalue weighted by Crippen LogP contribution is 2.24. The molecule has 108 valence electrons. The molecule has 0 unspecified atom stereocenters. The first-order valence-electron chi connectivity index (χ1n) is 5.99. The number of hydrogen-bond donors (Lipinski definition) is 1. The lowest BCUT2D eigenvalue weighted by molar-refractivity contribution is -0.111. The van der Waals surface area contributed by atoms with Gasteiger partial charge in [-0.3, -0.25) is 4.79 Å². The lowest BCUT2D eigenvalue weighted by atomic mass is 10.1. The highest BCUT2D eigenvalue weighted by Gasteiger charge is 2.09. The van der Waals surface area contributed by atoms with Crippen LogP contribution in [0, 0.1) is 0 Å². The zero-order chi connectivity index (χ0) is 15.5. The van der Waals surface area contributed by atoms with E-state index in [1.54, 1.807) is 24.3 Å². The molecule has 2 aromatic rings. The quantitative estimate of drug-likeness (QED) is 0.693. The number of amides is 1. The van der Waals surface area contributed by atoms with Crippen molar-refractivity contribution in [2.24, 2.45) is 0 Å². The maximum absolute atomic E-state index is 11.2. The number of carbonyl (C=O) groups is 1. The summed E-state index contributed by atoms with van der Waals surface area (Å²) < 4.78 is 22.3. The van der Waals surface area contributed by atoms with Crippen molar-refractivity contribution in [3.05, 3.63) is 61.2 Å². The van der Waals surface area contributed by atoms with Gasteiger partial charge in [-0.1, -0.05) is 30.8 Å². The molecule has 2 rings (SSSR count). The van der Waals surface area contributed by atoms with E-state index in [0.717, 1.165) is 11.1 Å². The summed E-state index contributed by atoms with van der Waals surface area (Å²) in [4.78, 5) is 11.2. The van der Waals surface area contributed by atoms with Crippen molar-refractivity contribution in [3.63, 3.8) is 0 Å². The predicted molar refractivity (Wildman–Crippen MR) is 83.7 cm³/mol. The summed E-state index contributed by atoms with van der Waals surface area (Å²) in [5.74, 6) is -0.278. The van der Waals surface area contributed by atoms with Crippen molar-refractivity contribution in [1.82, 2.24) is 0 Å². The van der Waals surface area contributed by atoms with E-state index in [4.69, 9.17) is 10.7 Å². The topological polar surface area (TPSA) is 63.2 Å². The molecule has 0 saturated carbocycles. The average molecular weight is 322 g/mol. The molecule has 0 atom stereocenters. The van der Waals surface area contributed by atoms with Gasteiger partial charge in [0.1, 0.15) is 0 Å². The fourth-order valence-electron chi connectivity index (χ4n) is 1.75. The molecule has 0 bridgehead atoms. The van der Waals surface area contributed by atoms with Gasteiger partial charge in [0.05, 0.1) is 4.90 Å². The molecule has 0 saturated heterocycles. The van der Waals surface area contributed by atoms with Gasteiger partial charge in [0.2, 0.25) is 5.91 Å². The van der Waals surface area contributed by atoms with Crippen LogP contribution in [0.4, 0.5) is 5.69 Å². The van der Waals surface area contributed by atoms with Crippen molar-refractivity contribution in [1.29, 1.82) is 0 Å². The molecular formula is C15H12ClNO3S. The van der Waals surface area contributed by atoms with Crippen LogP contribution in [0.15, 0.2) is 66.1 Å². The van der Waals surface area contributed by atoms with Crippen LogP contribution < -0.4 is 5.32 Å². The number of benzene rings is 2. The van der Waals surface area contributed by atoms with Crippen LogP contribution in [0.2, 0.25) is 0 Å². The van der Waals surface area contributed by atoms with Crippen molar-refractivity contribution >= 4 is 31.3 Å². The van der Waals surface area contributed by atoms with Gasteiger partial charge in [-0.25, -0.2) is 8.42 Å². The summed E-state index contributed by atoms with van der Waals surface area (Å²) in [5.41, 5.74) is 2.40. The van der Waals surface area contributed by atoms with Crippen molar-refractivity contribution < 1.29 is 13.2 Å². The number of nitrogens with one attached hydrogen (secondary N) is 1. The van der Waals surface area contributed by atoms with E-state index in [9.17, 15) is 13.2 Å². The summed E-state index contributed by atoms with van der Waals surface area (Å²) in [6.07, 6.45) is 1.19. The van der Waals surface area contributed by atoms with Crippen LogP contribution in [0.25, 0.3) is 11.1 Å². The molecule has 0 aliphatic heterocycles. The third-order valence-corrected chi connectivity index (χ3v) is 4.18. The Balaban J connectivity index is 2.23. The number of halogens is 1. The van der Waals surface area contributed by atoms with E-state index in [-0.39, 0.29) is 10.8 Å². The largest absolute Gasteiger partial charge is 0.323 e. The molecule has 1 N–H and O–H groups in total. The van der Waals surface area contributed by atoms with Crippen LogP contribution in [-0.4, -0.2) is 14.3 Å². The van der Waals surface area contributed by atoms with Crippen molar-refractivity contribution in [2.45, 2.75) is 4.90 Å². The van der Waals surface area contributed by atoms with Crippen molar-refractivity contribution in [2.75, 3.05) is 5.32 Å². The molecule has 0 spiro atoms. The van der Waals surface area contributed by atoms with E-state index in [1.807, 2.05) is 12.1 Å². The molecule has 2 aromatic carbocycles. The Kier molecular flexibility index (Phi) is 4.45. The fraction of sp³-hybridized carbons (Fsp3) is 0. The van der Waals surface area contributed by atoms with Gasteiger partial charge < -0.3 is 5.32 Å². The molecule has 0 aliphatic carbocycles. The van der Waals surface area contributed by atoms with Gasteiger partial charge in [0.15, 0.2) is 0 Å². The van der Waals surface area contributed by atoms with Gasteiger partial charge in [0.25, 0.3) is 9.05 Å². The summed E-state index contributed by atoms with van der Waals surface area (Å²) >= 11 is 0. The Morgan fingerprint density at radius 3 is 1.90 bits per heavy atom. The third kappa shape index (κ3) is 3.93. The van der Waals surface area contributed by atoms with Crippen LogP contribution >= 0.6 is 10.7 Å². The van der Waals surface area contributed by atoms with E-state index < -0.39 is 9.05 Å². The molecule has 4 nitrogen and oxygen atoms in total. The zero-order valence-electron chi connectivity index (χ0n) is 10.9. The number of anilines is 1. The van der Waals surface area contributed by atoms with Gasteiger partial charge in [0, 0.05) is 16.4 Å². The van der Waals surface area contributed by atoms with Gasteiger partial charge >= 0.3 is 0 Å². The Hall–Kier alpha value is -2.11. The van der Waals surface area contributed by atoms with E-state index in [0.29, 0.717) is 5.69 Å². The lowest BCUT2D eigenvalue weighted by Gasteiger charge is -2.05. The molecule has 1 amide bonds. The normalized spacial score (nSPS) is 10.9. The van der Waals surface area contributed by atoms with E-state index in [2.05, 4.69) is 11.9 Å². The second-order valence-corrected chi connectivity index (χ2v) is 6.80. The predicted octanol–water partition coefficient (Wildman–Crippen LogP) is 3.41. The SMILES string of the molecule is C=CC(=O)Nc1ccc(-c2ccc(S(=O)(=O)Cl)cc2)cc1. The standard InChI is InChI=1S/C15H12ClNO3S/c1-2-15(18)17-13-7-3-11(4-8-13)12-5-9-14(10-6-12)21(16,19)20/h2-10H,1H2,(H,17,18). The first-order chi connectivity index (χ1) is 9.90. The first kappa shape index (κ1) is 15.3. The molecule has 0 fully saturated rings. The zero-order valence-corrected chi connectivity index (χ0v) is 12.5. The molecule has 21 heavy (non-hydrogen) atoms. The van der Waals surface area contributed by atoms with Crippen LogP contribution in [0.5, 0.6) is 0 Å². The highest BCUT2D eigenvalue weighted by molar-refractivity contribution is 8.13. The molecule has 0 radical (unpaired) electrons. The number of hydrogen-bond acceptors (Lipinski definition) is 3. The Bertz CT molecular complexity index is 766. The minimum Gasteiger partial charge on any atom is -0.323 e.